The Morgan fingerprint density at radius 2 is 2.00 bits per heavy atom. The van der Waals surface area contributed by atoms with E-state index in [1.165, 1.54) is 0 Å². The summed E-state index contributed by atoms with van der Waals surface area (Å²) >= 11 is 0. The van der Waals surface area contributed by atoms with Gasteiger partial charge in [-0.25, -0.2) is 0 Å². The maximum Gasteiger partial charge on any atom is 0.276 e. The summed E-state index contributed by atoms with van der Waals surface area (Å²) < 4.78 is 5.36. The van der Waals surface area contributed by atoms with Crippen molar-refractivity contribution >= 4 is 11.8 Å². The Hall–Kier alpha value is -2.64. The molecule has 3 N–H and O–H groups in total. The Labute approximate surface area is 144 Å². The third kappa shape index (κ3) is 2.92. The van der Waals surface area contributed by atoms with Crippen molar-refractivity contribution in [3.8, 4) is 0 Å². The second-order valence-corrected chi connectivity index (χ2v) is 6.78. The van der Waals surface area contributed by atoms with Crippen LogP contribution in [0.5, 0.6) is 0 Å². The van der Waals surface area contributed by atoms with E-state index in [9.17, 15) is 9.59 Å². The number of amides is 2. The molecule has 132 valence electrons. The predicted octanol–water partition coefficient (Wildman–Crippen LogP) is 1.40. The highest BCUT2D eigenvalue weighted by Crippen LogP contribution is 2.29. The maximum atomic E-state index is 12.8. The number of carbonyl (C=O) groups excluding carboxylic acids is 2. The zero-order valence-corrected chi connectivity index (χ0v) is 14.0. The number of primary amides is 1. The van der Waals surface area contributed by atoms with Crippen LogP contribution in [0.3, 0.4) is 0 Å². The average Bonchev–Trinajstić information content (AvgIpc) is 3.29. The number of H-pyrrole nitrogens is 1. The molecular weight excluding hydrogens is 322 g/mol. The summed E-state index contributed by atoms with van der Waals surface area (Å²) in [5.41, 5.74) is 7.88. The second kappa shape index (κ2) is 6.34. The fraction of sp³-hybridized carbons (Fsp3) is 0.529. The number of carbonyl (C=O) groups is 2. The Kier molecular flexibility index (Phi) is 4.03. The van der Waals surface area contributed by atoms with E-state index in [1.807, 2.05) is 4.90 Å². The van der Waals surface area contributed by atoms with Crippen molar-refractivity contribution in [1.82, 2.24) is 20.3 Å². The maximum absolute atomic E-state index is 12.8. The van der Waals surface area contributed by atoms with Crippen LogP contribution in [-0.2, 0) is 12.8 Å². The number of aromatic amines is 1. The normalized spacial score (nSPS) is 18.2. The molecule has 0 unspecified atom stereocenters. The van der Waals surface area contributed by atoms with Crippen LogP contribution in [0.1, 0.15) is 69.6 Å². The average molecular weight is 343 g/mol. The highest BCUT2D eigenvalue weighted by molar-refractivity contribution is 5.94. The molecule has 2 aliphatic rings. The van der Waals surface area contributed by atoms with Crippen molar-refractivity contribution in [2.45, 2.75) is 44.4 Å². The van der Waals surface area contributed by atoms with Gasteiger partial charge in [-0.2, -0.15) is 5.10 Å². The first-order chi connectivity index (χ1) is 12.1. The van der Waals surface area contributed by atoms with Crippen molar-refractivity contribution in [2.75, 3.05) is 13.1 Å². The van der Waals surface area contributed by atoms with Crippen LogP contribution in [0.4, 0.5) is 0 Å². The number of aromatic nitrogens is 3. The molecule has 0 atom stereocenters. The van der Waals surface area contributed by atoms with E-state index in [1.54, 1.807) is 6.07 Å². The summed E-state index contributed by atoms with van der Waals surface area (Å²) in [6, 6.07) is 1.71. The molecule has 8 heteroatoms. The van der Waals surface area contributed by atoms with E-state index < -0.39 is 5.91 Å². The van der Waals surface area contributed by atoms with Gasteiger partial charge in [0.2, 0.25) is 0 Å². The van der Waals surface area contributed by atoms with Gasteiger partial charge >= 0.3 is 0 Å². The fourth-order valence-corrected chi connectivity index (χ4v) is 3.77. The summed E-state index contributed by atoms with van der Waals surface area (Å²) in [7, 11) is 0. The molecule has 4 rings (SSSR count). The summed E-state index contributed by atoms with van der Waals surface area (Å²) in [6.45, 7) is 1.30. The van der Waals surface area contributed by atoms with Gasteiger partial charge in [-0.15, -0.1) is 0 Å². The number of hydrogen-bond acceptors (Lipinski definition) is 5. The topological polar surface area (TPSA) is 118 Å². The summed E-state index contributed by atoms with van der Waals surface area (Å²) in [4.78, 5) is 25.8. The lowest BCUT2D eigenvalue weighted by Gasteiger charge is -2.31. The molecule has 2 amide bonds. The fourth-order valence-electron chi connectivity index (χ4n) is 3.77. The summed E-state index contributed by atoms with van der Waals surface area (Å²) in [6.07, 6.45) is 5.55. The van der Waals surface area contributed by atoms with E-state index >= 15 is 0 Å². The van der Waals surface area contributed by atoms with Crippen molar-refractivity contribution in [2.24, 2.45) is 5.73 Å². The molecule has 0 aromatic carbocycles. The molecule has 0 radical (unpaired) electrons. The Balaban J connectivity index is 1.42. The number of nitrogens with two attached hydrogens (primary N) is 1. The third-order valence-electron chi connectivity index (χ3n) is 5.22. The van der Waals surface area contributed by atoms with Crippen LogP contribution in [0.2, 0.25) is 0 Å². The molecule has 2 aromatic heterocycles. The summed E-state index contributed by atoms with van der Waals surface area (Å²) in [5.74, 6) is 0.551. The van der Waals surface area contributed by atoms with Crippen molar-refractivity contribution in [3.63, 3.8) is 0 Å². The van der Waals surface area contributed by atoms with Crippen LogP contribution in [-0.4, -0.2) is 45.2 Å². The minimum Gasteiger partial charge on any atom is -0.364 e. The minimum atomic E-state index is -0.536. The van der Waals surface area contributed by atoms with Gasteiger partial charge in [-0.3, -0.25) is 14.7 Å². The molecule has 2 aromatic rings. The first-order valence-corrected chi connectivity index (χ1v) is 8.75. The zero-order valence-electron chi connectivity index (χ0n) is 14.0. The first kappa shape index (κ1) is 15.9. The van der Waals surface area contributed by atoms with Crippen molar-refractivity contribution in [1.29, 1.82) is 0 Å². The second-order valence-electron chi connectivity index (χ2n) is 6.78. The van der Waals surface area contributed by atoms with Crippen LogP contribution in [0, 0.1) is 0 Å². The first-order valence-electron chi connectivity index (χ1n) is 8.75. The number of aryl methyl sites for hydroxylation is 1. The number of rotatable bonds is 3. The molecule has 1 aliphatic carbocycles. The molecule has 0 spiro atoms. The molecule has 25 heavy (non-hydrogen) atoms. The smallest absolute Gasteiger partial charge is 0.276 e. The molecule has 0 saturated carbocycles. The van der Waals surface area contributed by atoms with Crippen LogP contribution < -0.4 is 5.73 Å². The highest BCUT2D eigenvalue weighted by Gasteiger charge is 2.30. The van der Waals surface area contributed by atoms with Gasteiger partial charge in [-0.1, -0.05) is 5.16 Å². The lowest BCUT2D eigenvalue weighted by atomic mass is 9.92. The quantitative estimate of drug-likeness (QED) is 0.873. The van der Waals surface area contributed by atoms with Gasteiger partial charge in [0.15, 0.2) is 5.69 Å². The van der Waals surface area contributed by atoms with Gasteiger partial charge < -0.3 is 15.2 Å². The number of nitrogens with zero attached hydrogens (tertiary/aromatic N) is 3. The molecule has 1 aliphatic heterocycles. The van der Waals surface area contributed by atoms with Crippen molar-refractivity contribution in [3.05, 3.63) is 34.5 Å². The molecule has 1 saturated heterocycles. The van der Waals surface area contributed by atoms with Gasteiger partial charge in [0.05, 0.1) is 0 Å². The molecule has 3 heterocycles. The lowest BCUT2D eigenvalue weighted by Crippen LogP contribution is -2.38. The van der Waals surface area contributed by atoms with Gasteiger partial charge in [-0.05, 0) is 38.2 Å². The van der Waals surface area contributed by atoms with E-state index in [2.05, 4.69) is 15.4 Å². The van der Waals surface area contributed by atoms with E-state index in [0.717, 1.165) is 55.5 Å². The Morgan fingerprint density at radius 1 is 1.24 bits per heavy atom. The predicted molar refractivity (Wildman–Crippen MR) is 88.1 cm³/mol. The molecule has 8 nitrogen and oxygen atoms in total. The monoisotopic (exact) mass is 343 g/mol. The van der Waals surface area contributed by atoms with E-state index in [4.69, 9.17) is 10.3 Å². The number of hydrogen-bond donors (Lipinski definition) is 2. The zero-order chi connectivity index (χ0) is 17.4. The molecule has 1 fully saturated rings. The lowest BCUT2D eigenvalue weighted by molar-refractivity contribution is 0.0700. The third-order valence-corrected chi connectivity index (χ3v) is 5.22. The number of nitrogens with one attached hydrogen (secondary N) is 1. The number of fused-ring (bicyclic) bond motifs is 1. The largest absolute Gasteiger partial charge is 0.364 e. The van der Waals surface area contributed by atoms with Gasteiger partial charge in [0, 0.05) is 36.7 Å². The number of likely N-dealkylation sites (tertiary alicyclic amines) is 1. The van der Waals surface area contributed by atoms with E-state index in [-0.39, 0.29) is 17.5 Å². The van der Waals surface area contributed by atoms with Crippen molar-refractivity contribution < 1.29 is 14.1 Å². The van der Waals surface area contributed by atoms with Crippen LogP contribution in [0.25, 0.3) is 0 Å². The standard InChI is InChI=1S/C17H21N5O3/c18-16(23)13-9-12(19-20-13)10-5-7-22(8-6-10)17(24)15-11-3-1-2-4-14(11)25-21-15/h9-10H,1-8H2,(H2,18,23)(H,19,20). The molecule has 0 bridgehead atoms. The summed E-state index contributed by atoms with van der Waals surface area (Å²) in [5, 5.41) is 10.9. The number of piperidine rings is 1. The minimum absolute atomic E-state index is 0.0345. The van der Waals surface area contributed by atoms with E-state index in [0.29, 0.717) is 18.8 Å². The van der Waals surface area contributed by atoms with Gasteiger partial charge in [0.1, 0.15) is 11.5 Å². The van der Waals surface area contributed by atoms with Gasteiger partial charge in [0.25, 0.3) is 11.8 Å². The Bertz CT molecular complexity index is 801. The molecular formula is C17H21N5O3. The Morgan fingerprint density at radius 3 is 2.72 bits per heavy atom. The SMILES string of the molecule is NC(=O)c1cc(C2CCN(C(=O)c3noc4c3CCCC4)CC2)[nH]n1. The van der Waals surface area contributed by atoms with Crippen LogP contribution in [0.15, 0.2) is 10.6 Å². The van der Waals surface area contributed by atoms with Crippen LogP contribution >= 0.6 is 0 Å². The highest BCUT2D eigenvalue weighted by atomic mass is 16.5.